The van der Waals surface area contributed by atoms with Crippen molar-refractivity contribution in [2.24, 2.45) is 0 Å². The second-order valence-corrected chi connectivity index (χ2v) is 6.07. The van der Waals surface area contributed by atoms with Crippen molar-refractivity contribution < 1.29 is 28.2 Å². The Balaban J connectivity index is 2.08. The maximum atomic E-state index is 14.1. The van der Waals surface area contributed by atoms with Crippen LogP contribution in [0.3, 0.4) is 0 Å². The van der Waals surface area contributed by atoms with Crippen molar-refractivity contribution in [1.82, 2.24) is 4.98 Å². The minimum atomic E-state index is -0.795. The maximum absolute atomic E-state index is 14.1. The largest absolute Gasteiger partial charge is 0.487 e. The van der Waals surface area contributed by atoms with Crippen LogP contribution in [0.4, 0.5) is 10.1 Å². The van der Waals surface area contributed by atoms with Crippen LogP contribution in [0.1, 0.15) is 5.56 Å². The minimum absolute atomic E-state index is 0.0429. The Morgan fingerprint density at radius 3 is 2.47 bits per heavy atom. The van der Waals surface area contributed by atoms with Crippen molar-refractivity contribution in [2.45, 2.75) is 6.61 Å². The standard InChI is InChI=1S/C22H19FN2O5/c1-28-21(26)17-5-3-4-12-25(20(17)22(27)29-2)18-13-16(23)6-7-19(18)30-14-15-8-10-24-11-9-15/h3-13H,14H2,1-2H3. The molecule has 0 saturated carbocycles. The first-order chi connectivity index (χ1) is 14.5. The zero-order valence-electron chi connectivity index (χ0n) is 16.4. The average Bonchev–Trinajstić information content (AvgIpc) is 3.00. The fraction of sp³-hybridized carbons (Fsp3) is 0.136. The predicted molar refractivity (Wildman–Crippen MR) is 107 cm³/mol. The van der Waals surface area contributed by atoms with E-state index in [4.69, 9.17) is 14.2 Å². The molecule has 2 aromatic rings. The Labute approximate surface area is 172 Å². The van der Waals surface area contributed by atoms with Gasteiger partial charge in [-0.1, -0.05) is 6.08 Å². The lowest BCUT2D eigenvalue weighted by Gasteiger charge is -2.25. The second kappa shape index (κ2) is 9.51. The molecule has 30 heavy (non-hydrogen) atoms. The third-order valence-corrected chi connectivity index (χ3v) is 4.21. The predicted octanol–water partition coefficient (Wildman–Crippen LogP) is 3.29. The molecule has 1 aliphatic rings. The van der Waals surface area contributed by atoms with Gasteiger partial charge in [-0.3, -0.25) is 4.98 Å². The summed E-state index contributed by atoms with van der Waals surface area (Å²) in [4.78, 5) is 30.1. The number of hydrogen-bond acceptors (Lipinski definition) is 7. The van der Waals surface area contributed by atoms with Crippen molar-refractivity contribution in [3.05, 3.63) is 89.8 Å². The summed E-state index contributed by atoms with van der Waals surface area (Å²) in [5.74, 6) is -1.78. The van der Waals surface area contributed by atoms with Crippen LogP contribution in [0.25, 0.3) is 0 Å². The number of nitrogens with zero attached hydrogens (tertiary/aromatic N) is 2. The first-order valence-corrected chi connectivity index (χ1v) is 8.91. The molecule has 0 bridgehead atoms. The van der Waals surface area contributed by atoms with Gasteiger partial charge in [0.15, 0.2) is 0 Å². The molecule has 1 aromatic carbocycles. The van der Waals surface area contributed by atoms with Crippen molar-refractivity contribution in [3.63, 3.8) is 0 Å². The normalized spacial score (nSPS) is 13.1. The van der Waals surface area contributed by atoms with Crippen LogP contribution in [0.15, 0.2) is 78.4 Å². The van der Waals surface area contributed by atoms with E-state index in [0.29, 0.717) is 5.75 Å². The number of anilines is 1. The fourth-order valence-electron chi connectivity index (χ4n) is 2.79. The number of halogens is 1. The van der Waals surface area contributed by atoms with E-state index in [0.717, 1.165) is 5.56 Å². The molecular weight excluding hydrogens is 391 g/mol. The number of carbonyl (C=O) groups is 2. The van der Waals surface area contributed by atoms with Crippen LogP contribution in [0, 0.1) is 5.82 Å². The van der Waals surface area contributed by atoms with E-state index in [9.17, 15) is 14.0 Å². The molecule has 1 aromatic heterocycles. The summed E-state index contributed by atoms with van der Waals surface area (Å²) < 4.78 is 29.7. The van der Waals surface area contributed by atoms with E-state index in [1.165, 1.54) is 49.6 Å². The van der Waals surface area contributed by atoms with Gasteiger partial charge in [0.1, 0.15) is 23.9 Å². The van der Waals surface area contributed by atoms with Gasteiger partial charge in [-0.2, -0.15) is 0 Å². The molecule has 7 nitrogen and oxygen atoms in total. The van der Waals surface area contributed by atoms with Gasteiger partial charge in [0.05, 0.1) is 25.5 Å². The minimum Gasteiger partial charge on any atom is -0.487 e. The second-order valence-electron chi connectivity index (χ2n) is 6.07. The Kier molecular flexibility index (Phi) is 6.59. The van der Waals surface area contributed by atoms with E-state index in [2.05, 4.69) is 4.98 Å². The van der Waals surface area contributed by atoms with Crippen molar-refractivity contribution in [3.8, 4) is 5.75 Å². The molecule has 0 aliphatic carbocycles. The maximum Gasteiger partial charge on any atom is 0.355 e. The van der Waals surface area contributed by atoms with Gasteiger partial charge in [0.2, 0.25) is 0 Å². The molecule has 2 heterocycles. The van der Waals surface area contributed by atoms with E-state index in [1.807, 2.05) is 0 Å². The smallest absolute Gasteiger partial charge is 0.355 e. The molecule has 8 heteroatoms. The number of esters is 2. The molecule has 1 aliphatic heterocycles. The number of carbonyl (C=O) groups excluding carboxylic acids is 2. The lowest BCUT2D eigenvalue weighted by atomic mass is 10.1. The number of ether oxygens (including phenoxy) is 3. The Hall–Kier alpha value is -3.94. The summed E-state index contributed by atoms with van der Waals surface area (Å²) in [6.07, 6.45) is 9.35. The lowest BCUT2D eigenvalue weighted by Crippen LogP contribution is -2.27. The van der Waals surface area contributed by atoms with E-state index >= 15 is 0 Å². The molecule has 0 atom stereocenters. The molecule has 0 amide bonds. The highest BCUT2D eigenvalue weighted by Gasteiger charge is 2.29. The molecule has 0 saturated heterocycles. The molecule has 0 N–H and O–H groups in total. The SMILES string of the molecule is COC(=O)C1=C(C(=O)OC)N(c2cc(F)ccc2OCc2ccncc2)C=CC=C1. The molecular formula is C22H19FN2O5. The molecule has 0 unspecified atom stereocenters. The van der Waals surface area contributed by atoms with E-state index in [1.54, 1.807) is 36.7 Å². The van der Waals surface area contributed by atoms with Gasteiger partial charge in [-0.25, -0.2) is 14.0 Å². The highest BCUT2D eigenvalue weighted by Crippen LogP contribution is 2.35. The van der Waals surface area contributed by atoms with Gasteiger partial charge in [-0.15, -0.1) is 0 Å². The number of allylic oxidation sites excluding steroid dienone is 2. The third-order valence-electron chi connectivity index (χ3n) is 4.21. The fourth-order valence-corrected chi connectivity index (χ4v) is 2.79. The topological polar surface area (TPSA) is 78.0 Å². The summed E-state index contributed by atoms with van der Waals surface area (Å²) in [6.45, 7) is 0.193. The van der Waals surface area contributed by atoms with Crippen LogP contribution < -0.4 is 9.64 Å². The lowest BCUT2D eigenvalue weighted by molar-refractivity contribution is -0.139. The summed E-state index contributed by atoms with van der Waals surface area (Å²) >= 11 is 0. The number of pyridine rings is 1. The van der Waals surface area contributed by atoms with E-state index in [-0.39, 0.29) is 23.6 Å². The van der Waals surface area contributed by atoms with Gasteiger partial charge >= 0.3 is 11.9 Å². The number of aromatic nitrogens is 1. The van der Waals surface area contributed by atoms with Crippen molar-refractivity contribution in [2.75, 3.05) is 19.1 Å². The van der Waals surface area contributed by atoms with Gasteiger partial charge in [-0.05, 0) is 42.0 Å². The Bertz CT molecular complexity index is 1030. The highest BCUT2D eigenvalue weighted by molar-refractivity contribution is 6.05. The molecule has 0 radical (unpaired) electrons. The van der Waals surface area contributed by atoms with Gasteiger partial charge in [0, 0.05) is 24.7 Å². The van der Waals surface area contributed by atoms with Crippen LogP contribution in [-0.4, -0.2) is 31.1 Å². The van der Waals surface area contributed by atoms with Gasteiger partial charge in [0.25, 0.3) is 0 Å². The quantitative estimate of drug-likeness (QED) is 0.676. The number of rotatable bonds is 6. The zero-order chi connectivity index (χ0) is 21.5. The summed E-state index contributed by atoms with van der Waals surface area (Å²) in [6, 6.07) is 7.47. The zero-order valence-corrected chi connectivity index (χ0v) is 16.4. The monoisotopic (exact) mass is 410 g/mol. The molecule has 3 rings (SSSR count). The molecule has 0 spiro atoms. The first kappa shape index (κ1) is 20.8. The van der Waals surface area contributed by atoms with Crippen LogP contribution in [-0.2, 0) is 25.7 Å². The Morgan fingerprint density at radius 1 is 1.03 bits per heavy atom. The van der Waals surface area contributed by atoms with Crippen molar-refractivity contribution >= 4 is 17.6 Å². The average molecular weight is 410 g/mol. The third kappa shape index (κ3) is 4.54. The van der Waals surface area contributed by atoms with E-state index < -0.39 is 17.8 Å². The first-order valence-electron chi connectivity index (χ1n) is 8.91. The van der Waals surface area contributed by atoms with Crippen LogP contribution in [0.5, 0.6) is 5.75 Å². The Morgan fingerprint density at radius 2 is 1.77 bits per heavy atom. The summed E-state index contributed by atoms with van der Waals surface area (Å²) in [7, 11) is 2.39. The number of benzene rings is 1. The summed E-state index contributed by atoms with van der Waals surface area (Å²) in [5, 5.41) is 0. The number of methoxy groups -OCH3 is 2. The number of hydrogen-bond donors (Lipinski definition) is 0. The van der Waals surface area contributed by atoms with Crippen LogP contribution >= 0.6 is 0 Å². The molecule has 154 valence electrons. The van der Waals surface area contributed by atoms with Crippen LogP contribution in [0.2, 0.25) is 0 Å². The summed E-state index contributed by atoms with van der Waals surface area (Å²) in [5.41, 5.74) is 0.894. The van der Waals surface area contributed by atoms with Crippen molar-refractivity contribution in [1.29, 1.82) is 0 Å². The molecule has 0 fully saturated rings. The van der Waals surface area contributed by atoms with Gasteiger partial charge < -0.3 is 19.1 Å². The highest BCUT2D eigenvalue weighted by atomic mass is 19.1.